The molecule has 1 aliphatic carbocycles. The lowest BCUT2D eigenvalue weighted by molar-refractivity contribution is 0.101. The molecule has 1 atom stereocenters. The number of nitrogens with zero attached hydrogens (tertiary/aromatic N) is 6. The number of rotatable bonds is 4. The summed E-state index contributed by atoms with van der Waals surface area (Å²) in [5.41, 5.74) is 0. The highest BCUT2D eigenvalue weighted by Gasteiger charge is 2.30. The van der Waals surface area contributed by atoms with Gasteiger partial charge in [0, 0.05) is 26.2 Å². The van der Waals surface area contributed by atoms with E-state index in [0.717, 1.165) is 38.4 Å². The second-order valence-corrected chi connectivity index (χ2v) is 6.18. The smallest absolute Gasteiger partial charge is 0.168 e. The Hall–Kier alpha value is -1.01. The fraction of sp³-hybridized carbons (Fsp3) is 0.929. The van der Waals surface area contributed by atoms with Crippen molar-refractivity contribution < 1.29 is 0 Å². The molecule has 2 aliphatic rings. The van der Waals surface area contributed by atoms with E-state index in [1.807, 2.05) is 0 Å². The van der Waals surface area contributed by atoms with E-state index in [1.54, 1.807) is 0 Å². The fourth-order valence-corrected chi connectivity index (χ4v) is 3.57. The summed E-state index contributed by atoms with van der Waals surface area (Å²) in [4.78, 5) is 4.94. The Morgan fingerprint density at radius 3 is 2.50 bits per heavy atom. The highest BCUT2D eigenvalue weighted by Crippen LogP contribution is 2.32. The van der Waals surface area contributed by atoms with E-state index in [4.69, 9.17) is 0 Å². The van der Waals surface area contributed by atoms with Crippen LogP contribution in [0.4, 0.5) is 0 Å². The van der Waals surface area contributed by atoms with Crippen molar-refractivity contribution in [1.29, 1.82) is 0 Å². The number of likely N-dealkylation sites (N-methyl/N-ethyl adjacent to an activating group) is 1. The minimum absolute atomic E-state index is 0.374. The van der Waals surface area contributed by atoms with Gasteiger partial charge in [0.2, 0.25) is 0 Å². The van der Waals surface area contributed by atoms with Gasteiger partial charge in [0.25, 0.3) is 0 Å². The predicted octanol–water partition coefficient (Wildman–Crippen LogP) is 1.49. The molecule has 6 nitrogen and oxygen atoms in total. The molecule has 1 aromatic rings. The van der Waals surface area contributed by atoms with Crippen molar-refractivity contribution in [3.8, 4) is 0 Å². The van der Waals surface area contributed by atoms with Crippen molar-refractivity contribution in [2.75, 3.05) is 33.2 Å². The highest BCUT2D eigenvalue weighted by atomic mass is 15.6. The maximum absolute atomic E-state index is 4.37. The van der Waals surface area contributed by atoms with Crippen molar-refractivity contribution in [2.45, 2.75) is 51.1 Å². The van der Waals surface area contributed by atoms with Crippen LogP contribution in [0.5, 0.6) is 0 Å². The van der Waals surface area contributed by atoms with Crippen LogP contribution in [0, 0.1) is 0 Å². The zero-order valence-corrected chi connectivity index (χ0v) is 12.7. The van der Waals surface area contributed by atoms with Gasteiger partial charge in [-0.25, -0.2) is 4.68 Å². The standard InChI is InChI=1S/C14H26N6/c1-3-13(19-10-8-18(2)9-11-19)14-15-16-17-20(14)12-6-4-5-7-12/h12-13H,3-11H2,1-2H3/t13-/m0/s1. The number of hydrogen-bond acceptors (Lipinski definition) is 5. The summed E-state index contributed by atoms with van der Waals surface area (Å²) in [6, 6.07) is 0.904. The molecule has 1 aromatic heterocycles. The summed E-state index contributed by atoms with van der Waals surface area (Å²) in [5, 5.41) is 12.6. The third-order valence-electron chi connectivity index (χ3n) is 4.85. The molecule has 6 heteroatoms. The summed E-state index contributed by atoms with van der Waals surface area (Å²) in [5.74, 6) is 1.09. The first kappa shape index (κ1) is 13.9. The number of tetrazole rings is 1. The molecule has 0 bridgehead atoms. The lowest BCUT2D eigenvalue weighted by Crippen LogP contribution is -2.46. The van der Waals surface area contributed by atoms with E-state index in [9.17, 15) is 0 Å². The van der Waals surface area contributed by atoms with Crippen LogP contribution in [0.1, 0.15) is 56.9 Å². The third-order valence-corrected chi connectivity index (χ3v) is 4.85. The molecule has 3 rings (SSSR count). The molecule has 2 fully saturated rings. The molecular formula is C14H26N6. The minimum atomic E-state index is 0.374. The minimum Gasteiger partial charge on any atom is -0.304 e. The summed E-state index contributed by atoms with van der Waals surface area (Å²) in [7, 11) is 2.20. The summed E-state index contributed by atoms with van der Waals surface area (Å²) in [6.45, 7) is 6.76. The maximum atomic E-state index is 4.37. The molecular weight excluding hydrogens is 252 g/mol. The van der Waals surface area contributed by atoms with Gasteiger partial charge in [0.15, 0.2) is 5.82 Å². The zero-order valence-electron chi connectivity index (χ0n) is 12.7. The second-order valence-electron chi connectivity index (χ2n) is 6.18. The van der Waals surface area contributed by atoms with Crippen LogP contribution in [0.3, 0.4) is 0 Å². The first-order valence-corrected chi connectivity index (χ1v) is 8.00. The molecule has 0 aromatic carbocycles. The SMILES string of the molecule is CC[C@@H](c1nnnn1C1CCCC1)N1CCN(C)CC1. The number of aromatic nitrogens is 4. The van der Waals surface area contributed by atoms with Gasteiger partial charge >= 0.3 is 0 Å². The summed E-state index contributed by atoms with van der Waals surface area (Å²) < 4.78 is 2.12. The predicted molar refractivity (Wildman–Crippen MR) is 77.4 cm³/mol. The molecule has 0 spiro atoms. The largest absolute Gasteiger partial charge is 0.304 e. The Bertz CT molecular complexity index is 417. The number of hydrogen-bond donors (Lipinski definition) is 0. The Morgan fingerprint density at radius 2 is 1.85 bits per heavy atom. The summed E-state index contributed by atoms with van der Waals surface area (Å²) >= 11 is 0. The highest BCUT2D eigenvalue weighted by molar-refractivity contribution is 4.96. The van der Waals surface area contributed by atoms with Crippen LogP contribution in [-0.2, 0) is 0 Å². The molecule has 1 saturated heterocycles. The molecule has 1 saturated carbocycles. The molecule has 112 valence electrons. The van der Waals surface area contributed by atoms with E-state index >= 15 is 0 Å². The fourth-order valence-electron chi connectivity index (χ4n) is 3.57. The first-order valence-electron chi connectivity index (χ1n) is 8.00. The van der Waals surface area contributed by atoms with E-state index in [2.05, 4.69) is 44.0 Å². The monoisotopic (exact) mass is 278 g/mol. The van der Waals surface area contributed by atoms with Gasteiger partial charge in [-0.3, -0.25) is 4.90 Å². The van der Waals surface area contributed by atoms with Gasteiger partial charge in [-0.1, -0.05) is 19.8 Å². The van der Waals surface area contributed by atoms with E-state index in [1.165, 1.54) is 25.7 Å². The van der Waals surface area contributed by atoms with Gasteiger partial charge in [-0.05, 0) is 36.7 Å². The van der Waals surface area contributed by atoms with Crippen molar-refractivity contribution >= 4 is 0 Å². The maximum Gasteiger partial charge on any atom is 0.168 e. The van der Waals surface area contributed by atoms with Gasteiger partial charge in [-0.2, -0.15) is 0 Å². The third kappa shape index (κ3) is 2.72. The molecule has 0 radical (unpaired) electrons. The van der Waals surface area contributed by atoms with Crippen molar-refractivity contribution in [3.05, 3.63) is 5.82 Å². The summed E-state index contributed by atoms with van der Waals surface area (Å²) in [6.07, 6.45) is 6.18. The van der Waals surface area contributed by atoms with Gasteiger partial charge in [0.05, 0.1) is 12.1 Å². The number of piperazine rings is 1. The van der Waals surface area contributed by atoms with E-state index < -0.39 is 0 Å². The molecule has 1 aliphatic heterocycles. The lowest BCUT2D eigenvalue weighted by atomic mass is 10.1. The van der Waals surface area contributed by atoms with Crippen molar-refractivity contribution in [2.24, 2.45) is 0 Å². The average molecular weight is 278 g/mol. The van der Waals surface area contributed by atoms with Crippen LogP contribution in [-0.4, -0.2) is 63.2 Å². The van der Waals surface area contributed by atoms with Crippen molar-refractivity contribution in [3.63, 3.8) is 0 Å². The molecule has 2 heterocycles. The normalized spacial score (nSPS) is 24.3. The Kier molecular flexibility index (Phi) is 4.31. The van der Waals surface area contributed by atoms with Gasteiger partial charge in [0.1, 0.15) is 0 Å². The first-order chi connectivity index (χ1) is 9.79. The topological polar surface area (TPSA) is 50.1 Å². The molecule has 0 unspecified atom stereocenters. The van der Waals surface area contributed by atoms with Crippen LogP contribution >= 0.6 is 0 Å². The Labute approximate surface area is 121 Å². The van der Waals surface area contributed by atoms with Crippen molar-refractivity contribution in [1.82, 2.24) is 30.0 Å². The average Bonchev–Trinajstić information content (AvgIpc) is 3.12. The Morgan fingerprint density at radius 1 is 1.15 bits per heavy atom. The van der Waals surface area contributed by atoms with Crippen LogP contribution < -0.4 is 0 Å². The molecule has 0 N–H and O–H groups in total. The van der Waals surface area contributed by atoms with Crippen LogP contribution in [0.25, 0.3) is 0 Å². The van der Waals surface area contributed by atoms with E-state index in [0.29, 0.717) is 12.1 Å². The van der Waals surface area contributed by atoms with Crippen LogP contribution in [0.2, 0.25) is 0 Å². The van der Waals surface area contributed by atoms with Crippen LogP contribution in [0.15, 0.2) is 0 Å². The van der Waals surface area contributed by atoms with E-state index in [-0.39, 0.29) is 0 Å². The molecule has 20 heavy (non-hydrogen) atoms. The second kappa shape index (κ2) is 6.18. The molecule has 0 amide bonds. The van der Waals surface area contributed by atoms with Gasteiger partial charge in [-0.15, -0.1) is 5.10 Å². The lowest BCUT2D eigenvalue weighted by Gasteiger charge is -2.37. The Balaban J connectivity index is 1.77. The zero-order chi connectivity index (χ0) is 13.9. The quantitative estimate of drug-likeness (QED) is 0.835. The van der Waals surface area contributed by atoms with Gasteiger partial charge < -0.3 is 4.90 Å².